The van der Waals surface area contributed by atoms with Crippen LogP contribution in [-0.2, 0) is 4.79 Å². The Balaban J connectivity index is 2.17. The summed E-state index contributed by atoms with van der Waals surface area (Å²) in [4.78, 5) is 24.0. The number of benzene rings is 2. The Labute approximate surface area is 146 Å². The molecule has 0 aromatic heterocycles. The SMILES string of the molecule is Cc1ccc(C(=O)Nc2cc(NC(=O)CCN)ccc2Cl)cc1C. The highest BCUT2D eigenvalue weighted by atomic mass is 35.5. The normalized spacial score (nSPS) is 10.3. The van der Waals surface area contributed by atoms with Crippen molar-refractivity contribution in [3.05, 3.63) is 58.1 Å². The molecule has 0 atom stereocenters. The Morgan fingerprint density at radius 1 is 1.04 bits per heavy atom. The fraction of sp³-hybridized carbons (Fsp3) is 0.222. The summed E-state index contributed by atoms with van der Waals surface area (Å²) in [6, 6.07) is 10.4. The second-order valence-electron chi connectivity index (χ2n) is 5.53. The monoisotopic (exact) mass is 345 g/mol. The van der Waals surface area contributed by atoms with E-state index in [1.165, 1.54) is 0 Å². The number of carbonyl (C=O) groups excluding carboxylic acids is 2. The predicted octanol–water partition coefficient (Wildman–Crippen LogP) is 3.50. The molecule has 2 rings (SSSR count). The van der Waals surface area contributed by atoms with E-state index in [1.54, 1.807) is 24.3 Å². The molecule has 0 saturated heterocycles. The minimum atomic E-state index is -0.259. The lowest BCUT2D eigenvalue weighted by Crippen LogP contribution is -2.17. The van der Waals surface area contributed by atoms with Gasteiger partial charge in [-0.15, -0.1) is 0 Å². The number of rotatable bonds is 5. The first-order chi connectivity index (χ1) is 11.4. The summed E-state index contributed by atoms with van der Waals surface area (Å²) >= 11 is 6.13. The second kappa shape index (κ2) is 7.95. The van der Waals surface area contributed by atoms with E-state index >= 15 is 0 Å². The van der Waals surface area contributed by atoms with Gasteiger partial charge in [0.15, 0.2) is 0 Å². The molecule has 0 unspecified atom stereocenters. The maximum Gasteiger partial charge on any atom is 0.255 e. The van der Waals surface area contributed by atoms with Crippen LogP contribution in [0.15, 0.2) is 36.4 Å². The summed E-state index contributed by atoms with van der Waals surface area (Å²) in [5.41, 5.74) is 9.04. The Hall–Kier alpha value is -2.37. The summed E-state index contributed by atoms with van der Waals surface area (Å²) in [6.45, 7) is 4.21. The molecule has 0 radical (unpaired) electrons. The zero-order chi connectivity index (χ0) is 17.7. The standard InChI is InChI=1S/C18H20ClN3O2/c1-11-3-4-13(9-12(11)2)18(24)22-16-10-14(5-6-15(16)19)21-17(23)7-8-20/h3-6,9-10H,7-8,20H2,1-2H3,(H,21,23)(H,22,24). The third-order valence-electron chi connectivity index (χ3n) is 3.64. The first-order valence-electron chi connectivity index (χ1n) is 7.59. The first kappa shape index (κ1) is 18.0. The molecule has 0 saturated carbocycles. The maximum absolute atomic E-state index is 12.4. The Bertz CT molecular complexity index is 775. The van der Waals surface area contributed by atoms with Gasteiger partial charge in [-0.3, -0.25) is 9.59 Å². The molecule has 0 heterocycles. The third kappa shape index (κ3) is 4.57. The molecule has 0 aliphatic rings. The molecule has 6 heteroatoms. The van der Waals surface area contributed by atoms with Gasteiger partial charge in [0.2, 0.25) is 5.91 Å². The van der Waals surface area contributed by atoms with Crippen LogP contribution in [-0.4, -0.2) is 18.4 Å². The molecule has 2 amide bonds. The molecule has 2 aromatic rings. The molecule has 0 bridgehead atoms. The van der Waals surface area contributed by atoms with Crippen molar-refractivity contribution < 1.29 is 9.59 Å². The van der Waals surface area contributed by atoms with E-state index in [1.807, 2.05) is 26.0 Å². The predicted molar refractivity (Wildman–Crippen MR) is 97.6 cm³/mol. The first-order valence-corrected chi connectivity index (χ1v) is 7.96. The average molecular weight is 346 g/mol. The molecule has 0 spiro atoms. The van der Waals surface area contributed by atoms with Crippen LogP contribution >= 0.6 is 11.6 Å². The van der Waals surface area contributed by atoms with Crippen molar-refractivity contribution in [1.82, 2.24) is 0 Å². The Morgan fingerprint density at radius 2 is 1.79 bits per heavy atom. The number of nitrogens with one attached hydrogen (secondary N) is 2. The Kier molecular flexibility index (Phi) is 5.95. The van der Waals surface area contributed by atoms with Crippen molar-refractivity contribution in [2.75, 3.05) is 17.2 Å². The van der Waals surface area contributed by atoms with Crippen molar-refractivity contribution in [1.29, 1.82) is 0 Å². The van der Waals surface area contributed by atoms with Crippen molar-refractivity contribution >= 4 is 34.8 Å². The van der Waals surface area contributed by atoms with Gasteiger partial charge in [-0.05, 0) is 55.3 Å². The fourth-order valence-electron chi connectivity index (χ4n) is 2.13. The van der Waals surface area contributed by atoms with Gasteiger partial charge in [0.05, 0.1) is 10.7 Å². The molecular weight excluding hydrogens is 326 g/mol. The van der Waals surface area contributed by atoms with E-state index in [4.69, 9.17) is 17.3 Å². The molecule has 5 nitrogen and oxygen atoms in total. The highest BCUT2D eigenvalue weighted by Gasteiger charge is 2.11. The smallest absolute Gasteiger partial charge is 0.255 e. The quantitative estimate of drug-likeness (QED) is 0.775. The zero-order valence-electron chi connectivity index (χ0n) is 13.7. The van der Waals surface area contributed by atoms with Crippen LogP contribution in [0.2, 0.25) is 5.02 Å². The van der Waals surface area contributed by atoms with Gasteiger partial charge in [-0.2, -0.15) is 0 Å². The number of hydrogen-bond donors (Lipinski definition) is 3. The van der Waals surface area contributed by atoms with Gasteiger partial charge in [0.25, 0.3) is 5.91 Å². The second-order valence-corrected chi connectivity index (χ2v) is 5.94. The summed E-state index contributed by atoms with van der Waals surface area (Å²) < 4.78 is 0. The summed E-state index contributed by atoms with van der Waals surface area (Å²) in [5, 5.41) is 5.88. The molecule has 24 heavy (non-hydrogen) atoms. The largest absolute Gasteiger partial charge is 0.330 e. The van der Waals surface area contributed by atoms with Crippen LogP contribution in [0.4, 0.5) is 11.4 Å². The molecule has 0 aliphatic carbocycles. The van der Waals surface area contributed by atoms with Crippen molar-refractivity contribution in [2.45, 2.75) is 20.3 Å². The molecular formula is C18H20ClN3O2. The van der Waals surface area contributed by atoms with Crippen LogP contribution in [0.3, 0.4) is 0 Å². The van der Waals surface area contributed by atoms with Gasteiger partial charge in [0.1, 0.15) is 0 Å². The fourth-order valence-corrected chi connectivity index (χ4v) is 2.30. The summed E-state index contributed by atoms with van der Waals surface area (Å²) in [5.74, 6) is -0.448. The van der Waals surface area contributed by atoms with Gasteiger partial charge >= 0.3 is 0 Å². The van der Waals surface area contributed by atoms with E-state index in [-0.39, 0.29) is 24.8 Å². The van der Waals surface area contributed by atoms with Crippen molar-refractivity contribution in [3.63, 3.8) is 0 Å². The van der Waals surface area contributed by atoms with Gasteiger partial charge < -0.3 is 16.4 Å². The van der Waals surface area contributed by atoms with Crippen molar-refractivity contribution in [2.24, 2.45) is 5.73 Å². The summed E-state index contributed by atoms with van der Waals surface area (Å²) in [6.07, 6.45) is 0.229. The third-order valence-corrected chi connectivity index (χ3v) is 3.97. The van der Waals surface area contributed by atoms with Gasteiger partial charge in [-0.1, -0.05) is 17.7 Å². The number of carbonyl (C=O) groups is 2. The lowest BCUT2D eigenvalue weighted by atomic mass is 10.1. The van der Waals surface area contributed by atoms with Crippen LogP contribution in [0.25, 0.3) is 0 Å². The highest BCUT2D eigenvalue weighted by Crippen LogP contribution is 2.26. The number of amides is 2. The van der Waals surface area contributed by atoms with Crippen molar-refractivity contribution in [3.8, 4) is 0 Å². The van der Waals surface area contributed by atoms with Crippen LogP contribution < -0.4 is 16.4 Å². The maximum atomic E-state index is 12.4. The van der Waals surface area contributed by atoms with Crippen LogP contribution in [0.5, 0.6) is 0 Å². The van der Waals surface area contributed by atoms with Gasteiger partial charge in [0, 0.05) is 24.2 Å². The lowest BCUT2D eigenvalue weighted by Gasteiger charge is -2.11. The number of aryl methyl sites for hydroxylation is 2. The van der Waals surface area contributed by atoms with E-state index in [9.17, 15) is 9.59 Å². The number of hydrogen-bond acceptors (Lipinski definition) is 3. The zero-order valence-corrected chi connectivity index (χ0v) is 14.4. The van der Waals surface area contributed by atoms with Crippen LogP contribution in [0.1, 0.15) is 27.9 Å². The minimum Gasteiger partial charge on any atom is -0.330 e. The number of nitrogens with two attached hydrogens (primary N) is 1. The molecule has 0 fully saturated rings. The van der Waals surface area contributed by atoms with E-state index in [0.717, 1.165) is 11.1 Å². The van der Waals surface area contributed by atoms with Crippen LogP contribution in [0, 0.1) is 13.8 Å². The molecule has 0 aliphatic heterocycles. The van der Waals surface area contributed by atoms with Gasteiger partial charge in [-0.25, -0.2) is 0 Å². The van der Waals surface area contributed by atoms with E-state index in [2.05, 4.69) is 10.6 Å². The number of halogens is 1. The molecule has 126 valence electrons. The van der Waals surface area contributed by atoms with E-state index in [0.29, 0.717) is 22.0 Å². The number of anilines is 2. The molecule has 4 N–H and O–H groups in total. The Morgan fingerprint density at radius 3 is 2.46 bits per heavy atom. The highest BCUT2D eigenvalue weighted by molar-refractivity contribution is 6.34. The minimum absolute atomic E-state index is 0.189. The average Bonchev–Trinajstić information content (AvgIpc) is 2.53. The summed E-state index contributed by atoms with van der Waals surface area (Å²) in [7, 11) is 0. The van der Waals surface area contributed by atoms with E-state index < -0.39 is 0 Å². The topological polar surface area (TPSA) is 84.2 Å². The molecule has 2 aromatic carbocycles. The lowest BCUT2D eigenvalue weighted by molar-refractivity contribution is -0.116.